The largest absolute Gasteiger partial charge is 0.294 e. The molecule has 4 fully saturated rings. The standard InChI is InChI=1S/C43H41N3/c1-42(2,3)30-15-17-38-34(22-30)32-9-4-6-11-36(32)45(38)40-13-8-14-41(44-40)46-37-12-7-5-10-33(37)35-23-31(16-18-39(35)46)43-24-27-19-28(25-43)21-29(20-27)26-43/h4-18,22-23,27-29H,19-21,24-26H2,1-3H3. The molecule has 0 radical (unpaired) electrons. The van der Waals surface area contributed by atoms with Crippen molar-refractivity contribution in [3.05, 3.63) is 114 Å². The molecule has 0 atom stereocenters. The minimum atomic E-state index is 0.0850. The molecule has 0 amide bonds. The van der Waals surface area contributed by atoms with Gasteiger partial charge in [-0.15, -0.1) is 0 Å². The van der Waals surface area contributed by atoms with E-state index < -0.39 is 0 Å². The smallest absolute Gasteiger partial charge is 0.140 e. The number of fused-ring (bicyclic) bond motifs is 6. The van der Waals surface area contributed by atoms with E-state index in [1.807, 2.05) is 0 Å². The highest BCUT2D eigenvalue weighted by Crippen LogP contribution is 2.61. The molecule has 0 aliphatic heterocycles. The number of aromatic nitrogens is 3. The van der Waals surface area contributed by atoms with Gasteiger partial charge in [0.15, 0.2) is 0 Å². The average Bonchev–Trinajstić information content (AvgIpc) is 3.56. The summed E-state index contributed by atoms with van der Waals surface area (Å²) in [6.07, 6.45) is 8.61. The second-order valence-corrected chi connectivity index (χ2v) is 16.0. The second kappa shape index (κ2) is 9.35. The van der Waals surface area contributed by atoms with Crippen LogP contribution in [0.2, 0.25) is 0 Å². The Bertz CT molecular complexity index is 2310. The highest BCUT2D eigenvalue weighted by Gasteiger charge is 2.51. The van der Waals surface area contributed by atoms with Gasteiger partial charge in [-0.25, -0.2) is 4.98 Å². The van der Waals surface area contributed by atoms with Gasteiger partial charge in [0.1, 0.15) is 11.6 Å². The molecule has 4 aliphatic carbocycles. The lowest BCUT2D eigenvalue weighted by Crippen LogP contribution is -2.48. The maximum Gasteiger partial charge on any atom is 0.140 e. The van der Waals surface area contributed by atoms with Crippen LogP contribution in [-0.2, 0) is 10.8 Å². The summed E-state index contributed by atoms with van der Waals surface area (Å²) in [6.45, 7) is 6.86. The summed E-state index contributed by atoms with van der Waals surface area (Å²) in [6, 6.07) is 38.6. The van der Waals surface area contributed by atoms with Crippen LogP contribution in [0, 0.1) is 17.8 Å². The molecule has 4 aromatic carbocycles. The second-order valence-electron chi connectivity index (χ2n) is 16.0. The zero-order valence-electron chi connectivity index (χ0n) is 27.1. The first-order valence-electron chi connectivity index (χ1n) is 17.4. The summed E-state index contributed by atoms with van der Waals surface area (Å²) >= 11 is 0. The Kier molecular flexibility index (Phi) is 5.45. The van der Waals surface area contributed by atoms with Crippen LogP contribution in [0.25, 0.3) is 55.2 Å². The van der Waals surface area contributed by atoms with Crippen LogP contribution in [0.15, 0.2) is 103 Å². The molecule has 0 unspecified atom stereocenters. The predicted octanol–water partition coefficient (Wildman–Crippen LogP) is 11.0. The lowest BCUT2D eigenvalue weighted by Gasteiger charge is -2.57. The first kappa shape index (κ1) is 26.8. The van der Waals surface area contributed by atoms with Crippen molar-refractivity contribution in [3.8, 4) is 11.6 Å². The maximum absolute atomic E-state index is 5.43. The lowest BCUT2D eigenvalue weighted by atomic mass is 9.48. The number of hydrogen-bond acceptors (Lipinski definition) is 1. The maximum atomic E-state index is 5.43. The summed E-state index contributed by atoms with van der Waals surface area (Å²) in [5.74, 6) is 4.73. The van der Waals surface area contributed by atoms with Gasteiger partial charge in [0.2, 0.25) is 0 Å². The number of nitrogens with zero attached hydrogens (tertiary/aromatic N) is 3. The Morgan fingerprint density at radius 1 is 0.543 bits per heavy atom. The summed E-state index contributed by atoms with van der Waals surface area (Å²) < 4.78 is 4.74. The van der Waals surface area contributed by atoms with Crippen LogP contribution in [0.5, 0.6) is 0 Å². The van der Waals surface area contributed by atoms with Crippen molar-refractivity contribution in [3.63, 3.8) is 0 Å². The van der Waals surface area contributed by atoms with E-state index in [1.165, 1.54) is 87.7 Å². The zero-order valence-corrected chi connectivity index (χ0v) is 27.1. The molecule has 4 aliphatic rings. The van der Waals surface area contributed by atoms with Crippen LogP contribution in [0.1, 0.15) is 70.4 Å². The van der Waals surface area contributed by atoms with Crippen molar-refractivity contribution < 1.29 is 0 Å². The Morgan fingerprint density at radius 2 is 1.04 bits per heavy atom. The van der Waals surface area contributed by atoms with Gasteiger partial charge in [-0.05, 0) is 127 Å². The Morgan fingerprint density at radius 3 is 1.61 bits per heavy atom. The molecule has 46 heavy (non-hydrogen) atoms. The monoisotopic (exact) mass is 599 g/mol. The molecule has 3 aromatic heterocycles. The number of hydrogen-bond donors (Lipinski definition) is 0. The number of para-hydroxylation sites is 2. The fourth-order valence-corrected chi connectivity index (χ4v) is 10.4. The van der Waals surface area contributed by atoms with E-state index in [-0.39, 0.29) is 5.41 Å². The number of pyridine rings is 1. The molecule has 3 nitrogen and oxygen atoms in total. The van der Waals surface area contributed by atoms with Crippen molar-refractivity contribution in [2.75, 3.05) is 0 Å². The Balaban J connectivity index is 1.15. The predicted molar refractivity (Wildman–Crippen MR) is 191 cm³/mol. The minimum Gasteiger partial charge on any atom is -0.294 e. The van der Waals surface area contributed by atoms with Crippen molar-refractivity contribution in [1.82, 2.24) is 14.1 Å². The van der Waals surface area contributed by atoms with E-state index in [4.69, 9.17) is 4.98 Å². The van der Waals surface area contributed by atoms with E-state index in [0.717, 1.165) is 29.4 Å². The van der Waals surface area contributed by atoms with Gasteiger partial charge in [0.25, 0.3) is 0 Å². The van der Waals surface area contributed by atoms with Crippen LogP contribution >= 0.6 is 0 Å². The van der Waals surface area contributed by atoms with E-state index in [9.17, 15) is 0 Å². The van der Waals surface area contributed by atoms with Gasteiger partial charge in [-0.1, -0.05) is 75.4 Å². The third-order valence-electron chi connectivity index (χ3n) is 12.0. The first-order valence-corrected chi connectivity index (χ1v) is 17.4. The molecular formula is C43H41N3. The molecule has 228 valence electrons. The fourth-order valence-electron chi connectivity index (χ4n) is 10.4. The highest BCUT2D eigenvalue weighted by atomic mass is 15.1. The summed E-state index contributed by atoms with van der Waals surface area (Å²) in [4.78, 5) is 5.43. The molecule has 4 saturated carbocycles. The molecule has 3 heterocycles. The zero-order chi connectivity index (χ0) is 30.8. The van der Waals surface area contributed by atoms with Crippen LogP contribution in [0.4, 0.5) is 0 Å². The highest BCUT2D eigenvalue weighted by molar-refractivity contribution is 6.10. The van der Waals surface area contributed by atoms with E-state index >= 15 is 0 Å². The van der Waals surface area contributed by atoms with Crippen molar-refractivity contribution >= 4 is 43.6 Å². The molecule has 7 aromatic rings. The van der Waals surface area contributed by atoms with Gasteiger partial charge in [0.05, 0.1) is 22.1 Å². The van der Waals surface area contributed by atoms with E-state index in [2.05, 4.69) is 133 Å². The average molecular weight is 600 g/mol. The molecular weight excluding hydrogens is 558 g/mol. The third kappa shape index (κ3) is 3.81. The van der Waals surface area contributed by atoms with Crippen molar-refractivity contribution in [1.29, 1.82) is 0 Å². The van der Waals surface area contributed by atoms with Gasteiger partial charge < -0.3 is 0 Å². The molecule has 4 bridgehead atoms. The van der Waals surface area contributed by atoms with Crippen LogP contribution in [0.3, 0.4) is 0 Å². The van der Waals surface area contributed by atoms with Gasteiger partial charge in [-0.3, -0.25) is 9.13 Å². The molecule has 0 N–H and O–H groups in total. The summed E-state index contributed by atoms with van der Waals surface area (Å²) in [5, 5.41) is 5.24. The molecule has 11 rings (SSSR count). The molecule has 0 spiro atoms. The summed E-state index contributed by atoms with van der Waals surface area (Å²) in [7, 11) is 0. The van der Waals surface area contributed by atoms with Gasteiger partial charge >= 0.3 is 0 Å². The van der Waals surface area contributed by atoms with E-state index in [1.54, 1.807) is 5.56 Å². The van der Waals surface area contributed by atoms with Gasteiger partial charge in [0, 0.05) is 21.5 Å². The van der Waals surface area contributed by atoms with E-state index in [0.29, 0.717) is 5.41 Å². The number of rotatable bonds is 3. The summed E-state index contributed by atoms with van der Waals surface area (Å²) in [5.41, 5.74) is 8.26. The Labute approximate surface area is 270 Å². The number of benzene rings is 4. The minimum absolute atomic E-state index is 0.0850. The lowest BCUT2D eigenvalue weighted by molar-refractivity contribution is -0.00512. The van der Waals surface area contributed by atoms with Gasteiger partial charge in [-0.2, -0.15) is 0 Å². The topological polar surface area (TPSA) is 22.8 Å². The van der Waals surface area contributed by atoms with Crippen molar-refractivity contribution in [2.24, 2.45) is 17.8 Å². The first-order chi connectivity index (χ1) is 22.3. The van der Waals surface area contributed by atoms with Crippen LogP contribution < -0.4 is 0 Å². The molecule has 0 saturated heterocycles. The normalized spacial score (nSPS) is 24.2. The Hall–Kier alpha value is -4.37. The van der Waals surface area contributed by atoms with Crippen molar-refractivity contribution in [2.45, 2.75) is 70.1 Å². The fraction of sp³-hybridized carbons (Fsp3) is 0.326. The van der Waals surface area contributed by atoms with Crippen LogP contribution in [-0.4, -0.2) is 14.1 Å². The molecule has 3 heteroatoms. The quantitative estimate of drug-likeness (QED) is 0.198. The third-order valence-corrected chi connectivity index (χ3v) is 12.0. The SMILES string of the molecule is CC(C)(C)c1ccc2c(c1)c1ccccc1n2-c1cccc(-n2c3ccccc3c3cc(C45CC6CC(CC(C6)C4)C5)ccc32)n1.